The van der Waals surface area contributed by atoms with Crippen LogP contribution in [0.15, 0.2) is 18.3 Å². The topological polar surface area (TPSA) is 55.6 Å². The van der Waals surface area contributed by atoms with Crippen LogP contribution >= 0.6 is 0 Å². The second-order valence-electron chi connectivity index (χ2n) is 8.26. The van der Waals surface area contributed by atoms with Gasteiger partial charge in [0.15, 0.2) is 0 Å². The predicted molar refractivity (Wildman–Crippen MR) is 94.3 cm³/mol. The maximum atomic E-state index is 12.2. The Morgan fingerprint density at radius 1 is 1.29 bits per heavy atom. The number of amides is 1. The van der Waals surface area contributed by atoms with E-state index < -0.39 is 17.2 Å². The number of ether oxygens (including phenoxy) is 1. The Bertz CT molecular complexity index is 780. The van der Waals surface area contributed by atoms with Crippen LogP contribution < -0.4 is 5.32 Å². The Balaban J connectivity index is 1.99. The molecule has 5 heteroatoms. The molecule has 0 radical (unpaired) electrons. The molecule has 0 bridgehead atoms. The molecular weight excluding hydrogens is 302 g/mol. The zero-order valence-electron chi connectivity index (χ0n) is 15.4. The number of alkyl carbamates (subject to hydrolysis) is 1. The molecule has 2 aromatic rings. The molecule has 0 aliphatic heterocycles. The van der Waals surface area contributed by atoms with E-state index in [1.807, 2.05) is 46.9 Å². The second kappa shape index (κ2) is 5.50. The van der Waals surface area contributed by atoms with Crippen molar-refractivity contribution in [1.29, 1.82) is 0 Å². The summed E-state index contributed by atoms with van der Waals surface area (Å²) in [5.74, 6) is 1.39. The van der Waals surface area contributed by atoms with E-state index in [9.17, 15) is 4.79 Å². The van der Waals surface area contributed by atoms with E-state index in [1.54, 1.807) is 0 Å². The van der Waals surface area contributed by atoms with Crippen LogP contribution in [0.5, 0.6) is 0 Å². The quantitative estimate of drug-likeness (QED) is 0.914. The van der Waals surface area contributed by atoms with Crippen LogP contribution in [0, 0.1) is 6.92 Å². The van der Waals surface area contributed by atoms with Gasteiger partial charge in [0.2, 0.25) is 0 Å². The summed E-state index contributed by atoms with van der Waals surface area (Å²) >= 11 is 0. The van der Waals surface area contributed by atoms with E-state index in [0.717, 1.165) is 11.5 Å². The molecular formula is C19H27N3O2. The first-order chi connectivity index (χ1) is 11.1. The van der Waals surface area contributed by atoms with Crippen LogP contribution in [0.25, 0.3) is 5.52 Å². The number of fused-ring (bicyclic) bond motifs is 1. The molecule has 1 fully saturated rings. The van der Waals surface area contributed by atoms with Gasteiger partial charge in [-0.15, -0.1) is 0 Å². The summed E-state index contributed by atoms with van der Waals surface area (Å²) < 4.78 is 7.52. The molecule has 2 aromatic heterocycles. The molecule has 1 N–H and O–H groups in total. The molecule has 0 atom stereocenters. The number of carbonyl (C=O) groups excluding carboxylic acids is 1. The number of hydrogen-bond donors (Lipinski definition) is 1. The lowest BCUT2D eigenvalue weighted by molar-refractivity contribution is 0.0465. The molecule has 0 saturated heterocycles. The summed E-state index contributed by atoms with van der Waals surface area (Å²) in [5.41, 5.74) is 2.39. The van der Waals surface area contributed by atoms with E-state index in [1.165, 1.54) is 23.9 Å². The van der Waals surface area contributed by atoms with Gasteiger partial charge in [0.1, 0.15) is 11.4 Å². The molecule has 0 spiro atoms. The van der Waals surface area contributed by atoms with Gasteiger partial charge in [-0.05, 0) is 66.0 Å². The zero-order valence-corrected chi connectivity index (χ0v) is 15.4. The Morgan fingerprint density at radius 2 is 1.96 bits per heavy atom. The molecule has 1 aliphatic carbocycles. The number of imidazole rings is 1. The maximum Gasteiger partial charge on any atom is 0.408 e. The summed E-state index contributed by atoms with van der Waals surface area (Å²) in [6, 6.07) is 4.13. The molecule has 1 aliphatic rings. The van der Waals surface area contributed by atoms with Gasteiger partial charge in [-0.3, -0.25) is 0 Å². The molecule has 0 aromatic carbocycles. The number of pyridine rings is 1. The van der Waals surface area contributed by atoms with Gasteiger partial charge in [-0.1, -0.05) is 6.07 Å². The van der Waals surface area contributed by atoms with Crippen LogP contribution in [-0.2, 0) is 10.3 Å². The largest absolute Gasteiger partial charge is 0.444 e. The molecule has 5 nitrogen and oxygen atoms in total. The lowest BCUT2D eigenvalue weighted by Gasteiger charge is -2.27. The van der Waals surface area contributed by atoms with E-state index in [4.69, 9.17) is 9.72 Å². The molecule has 2 heterocycles. The number of aryl methyl sites for hydroxylation is 1. The van der Waals surface area contributed by atoms with Crippen LogP contribution in [0.3, 0.4) is 0 Å². The highest BCUT2D eigenvalue weighted by molar-refractivity contribution is 5.69. The van der Waals surface area contributed by atoms with Crippen LogP contribution in [0.4, 0.5) is 4.79 Å². The summed E-state index contributed by atoms with van der Waals surface area (Å²) in [5, 5.41) is 2.97. The van der Waals surface area contributed by atoms with Crippen molar-refractivity contribution in [2.75, 3.05) is 0 Å². The van der Waals surface area contributed by atoms with Crippen LogP contribution in [0.1, 0.15) is 70.5 Å². The number of hydrogen-bond acceptors (Lipinski definition) is 3. The van der Waals surface area contributed by atoms with E-state index >= 15 is 0 Å². The maximum absolute atomic E-state index is 12.2. The number of carbonyl (C=O) groups is 1. The fourth-order valence-corrected chi connectivity index (χ4v) is 3.04. The van der Waals surface area contributed by atoms with Crippen LogP contribution in [-0.4, -0.2) is 21.1 Å². The number of rotatable bonds is 3. The van der Waals surface area contributed by atoms with Crippen molar-refractivity contribution in [2.24, 2.45) is 0 Å². The van der Waals surface area contributed by atoms with Gasteiger partial charge < -0.3 is 14.5 Å². The normalized spacial score (nSPS) is 15.6. The SMILES string of the molecule is Cc1cccn2c(C(C)(C)NC(=O)OC(C)(C)C)nc(C3CC3)c12. The highest BCUT2D eigenvalue weighted by atomic mass is 16.6. The van der Waals surface area contributed by atoms with Crippen molar-refractivity contribution in [3.63, 3.8) is 0 Å². The van der Waals surface area contributed by atoms with E-state index in [-0.39, 0.29) is 0 Å². The highest BCUT2D eigenvalue weighted by Crippen LogP contribution is 2.43. The average molecular weight is 329 g/mol. The lowest BCUT2D eigenvalue weighted by Crippen LogP contribution is -2.44. The van der Waals surface area contributed by atoms with Crippen molar-refractivity contribution in [3.05, 3.63) is 35.4 Å². The minimum atomic E-state index is -0.633. The van der Waals surface area contributed by atoms with Crippen molar-refractivity contribution < 1.29 is 9.53 Å². The smallest absolute Gasteiger partial charge is 0.408 e. The monoisotopic (exact) mass is 329 g/mol. The molecule has 0 unspecified atom stereocenters. The first-order valence-corrected chi connectivity index (χ1v) is 8.58. The van der Waals surface area contributed by atoms with Gasteiger partial charge in [0, 0.05) is 12.1 Å². The fourth-order valence-electron chi connectivity index (χ4n) is 3.04. The van der Waals surface area contributed by atoms with E-state index in [2.05, 4.69) is 22.7 Å². The minimum Gasteiger partial charge on any atom is -0.444 e. The predicted octanol–water partition coefficient (Wildman–Crippen LogP) is 4.28. The Morgan fingerprint density at radius 3 is 2.54 bits per heavy atom. The van der Waals surface area contributed by atoms with Gasteiger partial charge in [0.25, 0.3) is 0 Å². The minimum absolute atomic E-state index is 0.426. The first-order valence-electron chi connectivity index (χ1n) is 8.58. The van der Waals surface area contributed by atoms with Crippen molar-refractivity contribution >= 4 is 11.6 Å². The Hall–Kier alpha value is -2.04. The third-order valence-corrected chi connectivity index (χ3v) is 4.23. The number of aromatic nitrogens is 2. The summed E-state index contributed by atoms with van der Waals surface area (Å²) in [7, 11) is 0. The highest BCUT2D eigenvalue weighted by Gasteiger charge is 2.35. The van der Waals surface area contributed by atoms with Crippen molar-refractivity contribution in [3.8, 4) is 0 Å². The average Bonchev–Trinajstić information content (AvgIpc) is 3.16. The van der Waals surface area contributed by atoms with Crippen molar-refractivity contribution in [1.82, 2.24) is 14.7 Å². The lowest BCUT2D eigenvalue weighted by atomic mass is 10.1. The number of nitrogens with one attached hydrogen (secondary N) is 1. The Kier molecular flexibility index (Phi) is 3.85. The second-order valence-corrected chi connectivity index (χ2v) is 8.26. The van der Waals surface area contributed by atoms with E-state index in [0.29, 0.717) is 5.92 Å². The third-order valence-electron chi connectivity index (χ3n) is 4.23. The fraction of sp³-hybridized carbons (Fsp3) is 0.579. The molecule has 1 amide bonds. The summed E-state index contributed by atoms with van der Waals surface area (Å²) in [6.45, 7) is 11.6. The Labute approximate surface area is 143 Å². The van der Waals surface area contributed by atoms with Gasteiger partial charge >= 0.3 is 6.09 Å². The first kappa shape index (κ1) is 16.8. The van der Waals surface area contributed by atoms with Gasteiger partial charge in [0.05, 0.1) is 16.7 Å². The summed E-state index contributed by atoms with van der Waals surface area (Å²) in [4.78, 5) is 17.2. The molecule has 1 saturated carbocycles. The standard InChI is InChI=1S/C19H27N3O2/c1-12-8-7-11-22-15(12)14(13-9-10-13)20-16(22)19(5,6)21-17(23)24-18(2,3)4/h7-8,11,13H,9-10H2,1-6H3,(H,21,23). The van der Waals surface area contributed by atoms with Crippen LogP contribution in [0.2, 0.25) is 0 Å². The van der Waals surface area contributed by atoms with Gasteiger partial charge in [-0.25, -0.2) is 9.78 Å². The molecule has 130 valence electrons. The molecule has 3 rings (SSSR count). The number of nitrogens with zero attached hydrogens (tertiary/aromatic N) is 2. The summed E-state index contributed by atoms with van der Waals surface area (Å²) in [6.07, 6.45) is 3.99. The zero-order chi connectivity index (χ0) is 17.7. The van der Waals surface area contributed by atoms with Crippen molar-refractivity contribution in [2.45, 2.75) is 71.4 Å². The third kappa shape index (κ3) is 3.25. The molecule has 24 heavy (non-hydrogen) atoms. The van der Waals surface area contributed by atoms with Gasteiger partial charge in [-0.2, -0.15) is 0 Å².